The highest BCUT2D eigenvalue weighted by Gasteiger charge is 2.17. The summed E-state index contributed by atoms with van der Waals surface area (Å²) in [5.41, 5.74) is 5.43. The van der Waals surface area contributed by atoms with Crippen molar-refractivity contribution in [3.05, 3.63) is 11.3 Å². The summed E-state index contributed by atoms with van der Waals surface area (Å²) in [6, 6.07) is 1.81. The van der Waals surface area contributed by atoms with Crippen molar-refractivity contribution in [2.24, 2.45) is 11.7 Å². The molecular weight excluding hydrogens is 144 g/mol. The van der Waals surface area contributed by atoms with Crippen molar-refractivity contribution in [3.63, 3.8) is 0 Å². The molecule has 0 radical (unpaired) electrons. The Morgan fingerprint density at radius 3 is 2.27 bits per heavy atom. The molecule has 0 bridgehead atoms. The average molecular weight is 154 g/mol. The van der Waals surface area contributed by atoms with E-state index < -0.39 is 11.9 Å². The molecule has 11 heavy (non-hydrogen) atoms. The molecule has 4 heteroatoms. The van der Waals surface area contributed by atoms with Crippen molar-refractivity contribution >= 4 is 5.97 Å². The van der Waals surface area contributed by atoms with Crippen molar-refractivity contribution in [1.29, 1.82) is 5.26 Å². The molecule has 0 saturated heterocycles. The molecule has 0 aromatic carbocycles. The third-order valence-corrected chi connectivity index (χ3v) is 1.28. The Bertz CT molecular complexity index is 233. The molecular formula is C7H10N2O2. The van der Waals surface area contributed by atoms with Crippen LogP contribution in [0.3, 0.4) is 0 Å². The first-order chi connectivity index (χ1) is 5.00. The second kappa shape index (κ2) is 3.62. The van der Waals surface area contributed by atoms with E-state index in [0.717, 1.165) is 0 Å². The fraction of sp³-hybridized carbons (Fsp3) is 0.429. The van der Waals surface area contributed by atoms with Crippen LogP contribution in [0.25, 0.3) is 0 Å². The summed E-state index contributed by atoms with van der Waals surface area (Å²) in [5.74, 6) is -1.78. The molecule has 0 rings (SSSR count). The lowest BCUT2D eigenvalue weighted by Gasteiger charge is -2.04. The van der Waals surface area contributed by atoms with Gasteiger partial charge in [-0.2, -0.15) is 5.26 Å². The maximum Gasteiger partial charge on any atom is 0.334 e. The molecule has 0 amide bonds. The summed E-state index contributed by atoms with van der Waals surface area (Å²) in [7, 11) is 0. The molecule has 0 aliphatic heterocycles. The number of nitriles is 1. The first-order valence-electron chi connectivity index (χ1n) is 3.09. The molecule has 0 aromatic heterocycles. The van der Waals surface area contributed by atoms with Crippen LogP contribution in [0, 0.1) is 17.2 Å². The predicted molar refractivity (Wildman–Crippen MR) is 39.3 cm³/mol. The van der Waals surface area contributed by atoms with Gasteiger partial charge in [0.05, 0.1) is 17.6 Å². The quantitative estimate of drug-likeness (QED) is 0.566. The van der Waals surface area contributed by atoms with Gasteiger partial charge >= 0.3 is 5.97 Å². The van der Waals surface area contributed by atoms with E-state index >= 15 is 0 Å². The number of hydrogen-bond acceptors (Lipinski definition) is 3. The van der Waals surface area contributed by atoms with Gasteiger partial charge in [-0.3, -0.25) is 0 Å². The Labute approximate surface area is 64.9 Å². The summed E-state index contributed by atoms with van der Waals surface area (Å²) >= 11 is 0. The molecule has 1 unspecified atom stereocenters. The number of rotatable bonds is 2. The van der Waals surface area contributed by atoms with Crippen LogP contribution < -0.4 is 5.73 Å². The molecule has 0 heterocycles. The van der Waals surface area contributed by atoms with Crippen LogP contribution in [-0.4, -0.2) is 11.1 Å². The summed E-state index contributed by atoms with van der Waals surface area (Å²) in [5, 5.41) is 17.0. The Morgan fingerprint density at radius 2 is 2.18 bits per heavy atom. The summed E-state index contributed by atoms with van der Waals surface area (Å²) in [4.78, 5) is 10.5. The number of carbonyl (C=O) groups is 1. The highest BCUT2D eigenvalue weighted by atomic mass is 16.4. The van der Waals surface area contributed by atoms with Gasteiger partial charge < -0.3 is 10.8 Å². The number of allylic oxidation sites excluding steroid dienone is 1. The third kappa shape index (κ3) is 2.30. The fourth-order valence-corrected chi connectivity index (χ4v) is 0.760. The van der Waals surface area contributed by atoms with Crippen molar-refractivity contribution in [2.75, 3.05) is 0 Å². The van der Waals surface area contributed by atoms with Crippen LogP contribution in [0.1, 0.15) is 13.8 Å². The number of carboxylic acid groups (broad SMARTS) is 1. The Kier molecular flexibility index (Phi) is 3.12. The van der Waals surface area contributed by atoms with Crippen LogP contribution in [-0.2, 0) is 4.79 Å². The first kappa shape index (κ1) is 9.50. The van der Waals surface area contributed by atoms with Gasteiger partial charge in [0.2, 0.25) is 0 Å². The fourth-order valence-electron chi connectivity index (χ4n) is 0.760. The minimum atomic E-state index is -1.13. The maximum atomic E-state index is 10.5. The van der Waals surface area contributed by atoms with Gasteiger partial charge in [-0.05, 0) is 13.8 Å². The number of nitrogens with two attached hydrogens (primary N) is 1. The van der Waals surface area contributed by atoms with Gasteiger partial charge in [-0.1, -0.05) is 0 Å². The minimum absolute atomic E-state index is 0.0208. The highest BCUT2D eigenvalue weighted by molar-refractivity contribution is 5.88. The summed E-state index contributed by atoms with van der Waals surface area (Å²) in [6.45, 7) is 2.97. The Hall–Kier alpha value is -1.50. The van der Waals surface area contributed by atoms with Crippen LogP contribution in [0.15, 0.2) is 11.3 Å². The van der Waals surface area contributed by atoms with E-state index in [1.54, 1.807) is 0 Å². The van der Waals surface area contributed by atoms with Crippen molar-refractivity contribution in [1.82, 2.24) is 0 Å². The van der Waals surface area contributed by atoms with Gasteiger partial charge in [0.25, 0.3) is 0 Å². The molecule has 0 spiro atoms. The second-order valence-electron chi connectivity index (χ2n) is 2.25. The lowest BCUT2D eigenvalue weighted by molar-refractivity contribution is -0.133. The molecule has 4 nitrogen and oxygen atoms in total. The van der Waals surface area contributed by atoms with Gasteiger partial charge in [-0.25, -0.2) is 4.79 Å². The topological polar surface area (TPSA) is 87.1 Å². The van der Waals surface area contributed by atoms with Crippen molar-refractivity contribution in [3.8, 4) is 6.07 Å². The maximum absolute atomic E-state index is 10.5. The van der Waals surface area contributed by atoms with E-state index in [2.05, 4.69) is 0 Å². The van der Waals surface area contributed by atoms with Crippen LogP contribution in [0.2, 0.25) is 0 Å². The largest absolute Gasteiger partial charge is 0.478 e. The molecule has 0 aliphatic carbocycles. The van der Waals surface area contributed by atoms with Gasteiger partial charge in [0, 0.05) is 5.70 Å². The van der Waals surface area contributed by atoms with E-state index in [-0.39, 0.29) is 11.3 Å². The Morgan fingerprint density at radius 1 is 1.73 bits per heavy atom. The highest BCUT2D eigenvalue weighted by Crippen LogP contribution is 2.11. The predicted octanol–water partition coefficient (Wildman–Crippen LogP) is 0.463. The van der Waals surface area contributed by atoms with Crippen LogP contribution >= 0.6 is 0 Å². The molecule has 0 saturated carbocycles. The lowest BCUT2D eigenvalue weighted by atomic mass is 10.0. The van der Waals surface area contributed by atoms with E-state index in [9.17, 15) is 4.79 Å². The normalized spacial score (nSPS) is 14.6. The molecule has 60 valence electrons. The smallest absolute Gasteiger partial charge is 0.334 e. The standard InChI is InChI=1S/C7H10N2O2/c1-4(3-8)6(5(2)9)7(10)11/h4H,9H2,1-2H3,(H,10,11)/b6-5-. The minimum Gasteiger partial charge on any atom is -0.478 e. The Balaban J connectivity index is 4.82. The third-order valence-electron chi connectivity index (χ3n) is 1.28. The molecule has 0 aromatic rings. The number of aliphatic carboxylic acids is 1. The summed E-state index contributed by atoms with van der Waals surface area (Å²) in [6.07, 6.45) is 0. The zero-order valence-corrected chi connectivity index (χ0v) is 6.46. The van der Waals surface area contributed by atoms with Crippen molar-refractivity contribution in [2.45, 2.75) is 13.8 Å². The zero-order chi connectivity index (χ0) is 9.02. The van der Waals surface area contributed by atoms with Gasteiger partial charge in [0.1, 0.15) is 0 Å². The van der Waals surface area contributed by atoms with Crippen molar-refractivity contribution < 1.29 is 9.90 Å². The van der Waals surface area contributed by atoms with Gasteiger partial charge in [-0.15, -0.1) is 0 Å². The first-order valence-corrected chi connectivity index (χ1v) is 3.09. The van der Waals surface area contributed by atoms with E-state index in [4.69, 9.17) is 16.1 Å². The zero-order valence-electron chi connectivity index (χ0n) is 6.46. The van der Waals surface area contributed by atoms with Crippen LogP contribution in [0.4, 0.5) is 0 Å². The number of carboxylic acids is 1. The van der Waals surface area contributed by atoms with E-state index in [1.807, 2.05) is 6.07 Å². The summed E-state index contributed by atoms with van der Waals surface area (Å²) < 4.78 is 0. The molecule has 1 atom stereocenters. The van der Waals surface area contributed by atoms with Crippen LogP contribution in [0.5, 0.6) is 0 Å². The lowest BCUT2D eigenvalue weighted by Crippen LogP contribution is -2.14. The number of hydrogen-bond donors (Lipinski definition) is 2. The second-order valence-corrected chi connectivity index (χ2v) is 2.25. The van der Waals surface area contributed by atoms with Gasteiger partial charge in [0.15, 0.2) is 0 Å². The SMILES string of the molecule is C/C(N)=C(/C(=O)O)C(C)C#N. The molecule has 3 N–H and O–H groups in total. The number of nitrogens with zero attached hydrogens (tertiary/aromatic N) is 1. The van der Waals surface area contributed by atoms with E-state index in [0.29, 0.717) is 0 Å². The molecule has 0 aliphatic rings. The van der Waals surface area contributed by atoms with E-state index in [1.165, 1.54) is 13.8 Å². The monoisotopic (exact) mass is 154 g/mol. The average Bonchev–Trinajstić information content (AvgIpc) is 1.85. The molecule has 0 fully saturated rings.